The normalized spacial score (nSPS) is 11.4. The number of esters is 1. The Morgan fingerprint density at radius 2 is 2.00 bits per heavy atom. The Morgan fingerprint density at radius 3 is 2.61 bits per heavy atom. The molecule has 0 bridgehead atoms. The highest BCUT2D eigenvalue weighted by atomic mass is 32.2. The summed E-state index contributed by atoms with van der Waals surface area (Å²) < 4.78 is 31.3. The molecule has 1 aromatic carbocycles. The molecular weight excluding hydrogens is 336 g/mol. The molecule has 124 valence electrons. The van der Waals surface area contributed by atoms with Crippen molar-refractivity contribution in [2.24, 2.45) is 0 Å². The summed E-state index contributed by atoms with van der Waals surface area (Å²) in [6.45, 7) is 3.49. The number of hydrogen-bond donors (Lipinski definition) is 1. The summed E-state index contributed by atoms with van der Waals surface area (Å²) in [7, 11) is -3.72. The number of rotatable bonds is 7. The number of carbonyl (C=O) groups is 1. The molecule has 0 spiro atoms. The van der Waals surface area contributed by atoms with Crippen LogP contribution in [0.15, 0.2) is 34.5 Å². The molecule has 0 saturated heterocycles. The van der Waals surface area contributed by atoms with Gasteiger partial charge in [0.2, 0.25) is 10.0 Å². The van der Waals surface area contributed by atoms with Crippen molar-refractivity contribution in [2.75, 3.05) is 6.54 Å². The number of nitrogens with zero attached hydrogens (tertiary/aromatic N) is 1. The molecule has 0 aliphatic rings. The fourth-order valence-electron chi connectivity index (χ4n) is 1.74. The van der Waals surface area contributed by atoms with Crippen molar-refractivity contribution in [3.05, 3.63) is 45.9 Å². The van der Waals surface area contributed by atoms with Crippen molar-refractivity contribution in [2.45, 2.75) is 31.8 Å². The van der Waals surface area contributed by atoms with E-state index in [9.17, 15) is 13.2 Å². The van der Waals surface area contributed by atoms with E-state index in [-0.39, 0.29) is 11.5 Å². The molecule has 0 radical (unpaired) electrons. The minimum absolute atomic E-state index is 0.0432. The maximum atomic E-state index is 12.0. The Balaban J connectivity index is 1.84. The minimum atomic E-state index is -3.72. The molecule has 1 heterocycles. The summed E-state index contributed by atoms with van der Waals surface area (Å²) in [6.07, 6.45) is 0.828. The number of carbonyl (C=O) groups excluding carboxylic acids is 1. The Hall–Kier alpha value is -1.77. The van der Waals surface area contributed by atoms with Crippen LogP contribution in [0.5, 0.6) is 0 Å². The van der Waals surface area contributed by atoms with Crippen LogP contribution in [0.2, 0.25) is 0 Å². The molecule has 0 unspecified atom stereocenters. The number of nitrogens with one attached hydrogen (secondary N) is 1. The summed E-state index contributed by atoms with van der Waals surface area (Å²) in [5, 5.41) is 2.79. The predicted molar refractivity (Wildman–Crippen MR) is 87.7 cm³/mol. The minimum Gasteiger partial charge on any atom is -0.458 e. The largest absolute Gasteiger partial charge is 0.458 e. The molecule has 6 nitrogen and oxygen atoms in total. The molecule has 0 aliphatic carbocycles. The van der Waals surface area contributed by atoms with Crippen molar-refractivity contribution in [1.29, 1.82) is 0 Å². The van der Waals surface area contributed by atoms with Gasteiger partial charge in [0, 0.05) is 5.38 Å². The van der Waals surface area contributed by atoms with Crippen LogP contribution >= 0.6 is 11.3 Å². The number of sulfonamides is 1. The monoisotopic (exact) mass is 354 g/mol. The standard InChI is InChI=1S/C15H18N2O4S2/c1-3-14-17-12(10-22-14)9-21-15(18)8-16-23(19,20)13-6-4-11(2)5-7-13/h4-7,10,16H,3,8-9H2,1-2H3. The van der Waals surface area contributed by atoms with E-state index in [1.807, 2.05) is 19.2 Å². The molecule has 0 fully saturated rings. The zero-order valence-corrected chi connectivity index (χ0v) is 14.5. The lowest BCUT2D eigenvalue weighted by Gasteiger charge is -2.07. The average Bonchev–Trinajstić information content (AvgIpc) is 2.99. The van der Waals surface area contributed by atoms with Gasteiger partial charge in [-0.1, -0.05) is 24.6 Å². The third-order valence-electron chi connectivity index (χ3n) is 3.02. The molecule has 0 saturated carbocycles. The molecule has 0 atom stereocenters. The van der Waals surface area contributed by atoms with Crippen molar-refractivity contribution < 1.29 is 17.9 Å². The third kappa shape index (κ3) is 5.12. The van der Waals surface area contributed by atoms with E-state index in [4.69, 9.17) is 4.74 Å². The zero-order valence-electron chi connectivity index (χ0n) is 12.9. The lowest BCUT2D eigenvalue weighted by atomic mass is 10.2. The van der Waals surface area contributed by atoms with Crippen molar-refractivity contribution in [1.82, 2.24) is 9.71 Å². The summed E-state index contributed by atoms with van der Waals surface area (Å²) in [6, 6.07) is 6.37. The molecule has 2 rings (SSSR count). The topological polar surface area (TPSA) is 85.4 Å². The van der Waals surface area contributed by atoms with E-state index in [0.717, 1.165) is 17.0 Å². The predicted octanol–water partition coefficient (Wildman–Crippen LogP) is 2.04. The third-order valence-corrected chi connectivity index (χ3v) is 5.48. The van der Waals surface area contributed by atoms with E-state index in [1.165, 1.54) is 23.5 Å². The first-order chi connectivity index (χ1) is 10.9. The molecule has 23 heavy (non-hydrogen) atoms. The highest BCUT2D eigenvalue weighted by Crippen LogP contribution is 2.11. The fraction of sp³-hybridized carbons (Fsp3) is 0.333. The molecule has 1 aromatic heterocycles. The first kappa shape index (κ1) is 17.6. The molecule has 2 aromatic rings. The molecule has 1 N–H and O–H groups in total. The van der Waals surface area contributed by atoms with Crippen LogP contribution in [-0.4, -0.2) is 25.9 Å². The van der Waals surface area contributed by atoms with E-state index in [1.54, 1.807) is 12.1 Å². The Bertz CT molecular complexity index is 767. The van der Waals surface area contributed by atoms with Gasteiger partial charge in [-0.15, -0.1) is 11.3 Å². The Kier molecular flexibility index (Phi) is 5.86. The number of thiazole rings is 1. The number of aromatic nitrogens is 1. The maximum Gasteiger partial charge on any atom is 0.321 e. The highest BCUT2D eigenvalue weighted by Gasteiger charge is 2.16. The SMILES string of the molecule is CCc1nc(COC(=O)CNS(=O)(=O)c2ccc(C)cc2)cs1. The van der Waals surface area contributed by atoms with Gasteiger partial charge in [0.05, 0.1) is 15.6 Å². The first-order valence-corrected chi connectivity index (χ1v) is 9.42. The average molecular weight is 354 g/mol. The van der Waals surface area contributed by atoms with Gasteiger partial charge in [0.25, 0.3) is 0 Å². The summed E-state index contributed by atoms with van der Waals surface area (Å²) >= 11 is 1.50. The van der Waals surface area contributed by atoms with Gasteiger partial charge in [-0.2, -0.15) is 4.72 Å². The first-order valence-electron chi connectivity index (χ1n) is 7.06. The smallest absolute Gasteiger partial charge is 0.321 e. The van der Waals surface area contributed by atoms with Crippen LogP contribution in [0, 0.1) is 6.92 Å². The second-order valence-corrected chi connectivity index (χ2v) is 7.59. The Morgan fingerprint density at radius 1 is 1.30 bits per heavy atom. The van der Waals surface area contributed by atoms with Gasteiger partial charge < -0.3 is 4.74 Å². The van der Waals surface area contributed by atoms with E-state index in [2.05, 4.69) is 9.71 Å². The van der Waals surface area contributed by atoms with E-state index in [0.29, 0.717) is 5.69 Å². The van der Waals surface area contributed by atoms with Crippen LogP contribution in [-0.2, 0) is 32.6 Å². The second-order valence-electron chi connectivity index (χ2n) is 4.88. The van der Waals surface area contributed by atoms with Crippen LogP contribution < -0.4 is 4.72 Å². The quantitative estimate of drug-likeness (QED) is 0.769. The molecular formula is C15H18N2O4S2. The van der Waals surface area contributed by atoms with Crippen LogP contribution in [0.25, 0.3) is 0 Å². The van der Waals surface area contributed by atoms with Gasteiger partial charge >= 0.3 is 5.97 Å². The summed E-state index contributed by atoms with van der Waals surface area (Å²) in [5.41, 5.74) is 1.62. The lowest BCUT2D eigenvalue weighted by Crippen LogP contribution is -2.30. The zero-order chi connectivity index (χ0) is 16.9. The van der Waals surface area contributed by atoms with Gasteiger partial charge in [-0.3, -0.25) is 4.79 Å². The van der Waals surface area contributed by atoms with Gasteiger partial charge in [-0.25, -0.2) is 13.4 Å². The van der Waals surface area contributed by atoms with E-state index >= 15 is 0 Å². The number of hydrogen-bond acceptors (Lipinski definition) is 6. The molecule has 0 aliphatic heterocycles. The van der Waals surface area contributed by atoms with Crippen LogP contribution in [0.4, 0.5) is 0 Å². The van der Waals surface area contributed by atoms with Crippen LogP contribution in [0.1, 0.15) is 23.2 Å². The number of benzene rings is 1. The number of ether oxygens (including phenoxy) is 1. The lowest BCUT2D eigenvalue weighted by molar-refractivity contribution is -0.143. The number of aryl methyl sites for hydroxylation is 2. The van der Waals surface area contributed by atoms with Crippen LogP contribution in [0.3, 0.4) is 0 Å². The van der Waals surface area contributed by atoms with E-state index < -0.39 is 22.5 Å². The second kappa shape index (κ2) is 7.67. The molecule has 0 amide bonds. The van der Waals surface area contributed by atoms with Crippen molar-refractivity contribution in [3.8, 4) is 0 Å². The van der Waals surface area contributed by atoms with Crippen molar-refractivity contribution in [3.63, 3.8) is 0 Å². The van der Waals surface area contributed by atoms with Crippen molar-refractivity contribution >= 4 is 27.3 Å². The summed E-state index contributed by atoms with van der Waals surface area (Å²) in [5.74, 6) is -0.647. The molecule has 8 heteroatoms. The van der Waals surface area contributed by atoms with Gasteiger partial charge in [0.1, 0.15) is 13.2 Å². The van der Waals surface area contributed by atoms with Gasteiger partial charge in [0.15, 0.2) is 0 Å². The maximum absolute atomic E-state index is 12.0. The Labute approximate surface area is 139 Å². The summed E-state index contributed by atoms with van der Waals surface area (Å²) in [4.78, 5) is 16.0. The van der Waals surface area contributed by atoms with Gasteiger partial charge in [-0.05, 0) is 25.5 Å². The fourth-order valence-corrected chi connectivity index (χ4v) is 3.44. The highest BCUT2D eigenvalue weighted by molar-refractivity contribution is 7.89.